The fourth-order valence-electron chi connectivity index (χ4n) is 0.974. The van der Waals surface area contributed by atoms with Crippen LogP contribution >= 0.6 is 11.5 Å². The molecule has 0 atom stereocenters. The summed E-state index contributed by atoms with van der Waals surface area (Å²) in [5, 5.41) is 6.66. The maximum Gasteiger partial charge on any atom is 0.264 e. The van der Waals surface area contributed by atoms with E-state index in [9.17, 15) is 4.79 Å². The maximum atomic E-state index is 11.5. The molecule has 1 heterocycles. The molecule has 4 nitrogen and oxygen atoms in total. The molecular weight excluding hydrogens is 186 g/mol. The Bertz CT molecular complexity index is 295. The van der Waals surface area contributed by atoms with Crippen LogP contribution in [-0.2, 0) is 0 Å². The van der Waals surface area contributed by atoms with Gasteiger partial charge < -0.3 is 5.32 Å². The Kier molecular flexibility index (Phi) is 3.36. The molecule has 1 aromatic rings. The highest BCUT2D eigenvalue weighted by Crippen LogP contribution is 2.19. The van der Waals surface area contributed by atoms with E-state index in [0.717, 1.165) is 17.2 Å². The van der Waals surface area contributed by atoms with Crippen molar-refractivity contribution in [3.8, 4) is 0 Å². The summed E-state index contributed by atoms with van der Waals surface area (Å²) in [6.07, 6.45) is 0. The Morgan fingerprint density at radius 2 is 2.31 bits per heavy atom. The van der Waals surface area contributed by atoms with Crippen molar-refractivity contribution in [1.29, 1.82) is 0 Å². The van der Waals surface area contributed by atoms with Crippen molar-refractivity contribution >= 4 is 17.4 Å². The molecule has 0 aliphatic rings. The highest BCUT2D eigenvalue weighted by atomic mass is 32.1. The second-order valence-corrected chi connectivity index (χ2v) is 3.76. The van der Waals surface area contributed by atoms with Crippen molar-refractivity contribution in [3.63, 3.8) is 0 Å². The smallest absolute Gasteiger partial charge is 0.264 e. The molecule has 0 aliphatic heterocycles. The first-order valence-electron chi connectivity index (χ1n) is 4.27. The second kappa shape index (κ2) is 4.32. The minimum Gasteiger partial charge on any atom is -0.352 e. The molecule has 5 heteroatoms. The molecule has 0 saturated carbocycles. The van der Waals surface area contributed by atoms with E-state index in [1.165, 1.54) is 0 Å². The summed E-state index contributed by atoms with van der Waals surface area (Å²) in [5.74, 6) is 0.178. The summed E-state index contributed by atoms with van der Waals surface area (Å²) < 4.78 is 3.78. The lowest BCUT2D eigenvalue weighted by atomic mass is 10.1. The number of aromatic nitrogens is 2. The van der Waals surface area contributed by atoms with Crippen LogP contribution in [0, 0.1) is 0 Å². The van der Waals surface area contributed by atoms with Crippen molar-refractivity contribution in [1.82, 2.24) is 14.9 Å². The molecule has 13 heavy (non-hydrogen) atoms. The molecule has 0 radical (unpaired) electrons. The minimum absolute atomic E-state index is 0.0683. The van der Waals surface area contributed by atoms with E-state index >= 15 is 0 Å². The van der Waals surface area contributed by atoms with Crippen LogP contribution in [0.25, 0.3) is 0 Å². The van der Waals surface area contributed by atoms with Gasteiger partial charge in [-0.3, -0.25) is 4.79 Å². The predicted octanol–water partition coefficient (Wildman–Crippen LogP) is 1.41. The van der Waals surface area contributed by atoms with Crippen LogP contribution in [0.1, 0.15) is 42.1 Å². The van der Waals surface area contributed by atoms with Crippen LogP contribution in [0.15, 0.2) is 0 Å². The Morgan fingerprint density at radius 3 is 2.85 bits per heavy atom. The Labute approximate surface area is 81.5 Å². The van der Waals surface area contributed by atoms with Crippen LogP contribution in [-0.4, -0.2) is 22.0 Å². The third kappa shape index (κ3) is 2.24. The van der Waals surface area contributed by atoms with E-state index in [1.807, 2.05) is 20.8 Å². The molecule has 0 bridgehead atoms. The molecular formula is C8H13N3OS. The predicted molar refractivity (Wildman–Crippen MR) is 52.0 cm³/mol. The first-order valence-corrected chi connectivity index (χ1v) is 5.04. The molecule has 0 aliphatic carbocycles. The summed E-state index contributed by atoms with van der Waals surface area (Å²) in [4.78, 5) is 12.1. The van der Waals surface area contributed by atoms with Gasteiger partial charge in [0.05, 0.1) is 5.69 Å². The van der Waals surface area contributed by atoms with Gasteiger partial charge in [-0.25, -0.2) is 0 Å². The lowest BCUT2D eigenvalue weighted by Gasteiger charge is -2.03. The van der Waals surface area contributed by atoms with Gasteiger partial charge in [-0.05, 0) is 24.4 Å². The average molecular weight is 199 g/mol. The fourth-order valence-corrected chi connectivity index (χ4v) is 1.71. The van der Waals surface area contributed by atoms with Gasteiger partial charge in [0.15, 0.2) is 0 Å². The maximum absolute atomic E-state index is 11.5. The quantitative estimate of drug-likeness (QED) is 0.800. The molecule has 1 N–H and O–H groups in total. The van der Waals surface area contributed by atoms with Gasteiger partial charge in [0, 0.05) is 6.54 Å². The van der Waals surface area contributed by atoms with Gasteiger partial charge in [-0.2, -0.15) is 0 Å². The van der Waals surface area contributed by atoms with Gasteiger partial charge in [0.2, 0.25) is 0 Å². The fraction of sp³-hybridized carbons (Fsp3) is 0.625. The van der Waals surface area contributed by atoms with Gasteiger partial charge in [0.1, 0.15) is 4.88 Å². The van der Waals surface area contributed by atoms with E-state index in [4.69, 9.17) is 0 Å². The monoisotopic (exact) mass is 199 g/mol. The number of nitrogens with zero attached hydrogens (tertiary/aromatic N) is 2. The second-order valence-electron chi connectivity index (χ2n) is 3.00. The number of nitrogens with one attached hydrogen (secondary N) is 1. The molecule has 0 saturated heterocycles. The molecule has 0 fully saturated rings. The normalized spacial score (nSPS) is 10.5. The summed E-state index contributed by atoms with van der Waals surface area (Å²) in [6.45, 7) is 6.52. The molecule has 1 rings (SSSR count). The number of carbonyl (C=O) groups is 1. The number of carbonyl (C=O) groups excluding carboxylic acids is 1. The first-order chi connectivity index (χ1) is 6.16. The van der Waals surface area contributed by atoms with Gasteiger partial charge in [0.25, 0.3) is 5.91 Å². The lowest BCUT2D eigenvalue weighted by molar-refractivity contribution is 0.0958. The SMILES string of the molecule is CCNC(=O)c1snnc1C(C)C. The van der Waals surface area contributed by atoms with Crippen LogP contribution < -0.4 is 5.32 Å². The van der Waals surface area contributed by atoms with Crippen LogP contribution in [0.2, 0.25) is 0 Å². The third-order valence-electron chi connectivity index (χ3n) is 1.60. The Morgan fingerprint density at radius 1 is 1.62 bits per heavy atom. The average Bonchev–Trinajstić information content (AvgIpc) is 2.52. The third-order valence-corrected chi connectivity index (χ3v) is 2.34. The number of rotatable bonds is 3. The van der Waals surface area contributed by atoms with Crippen molar-refractivity contribution in [2.75, 3.05) is 6.54 Å². The van der Waals surface area contributed by atoms with Gasteiger partial charge >= 0.3 is 0 Å². The number of amides is 1. The zero-order valence-corrected chi connectivity index (χ0v) is 8.81. The van der Waals surface area contributed by atoms with E-state index in [-0.39, 0.29) is 11.8 Å². The van der Waals surface area contributed by atoms with Crippen molar-refractivity contribution in [2.45, 2.75) is 26.7 Å². The molecule has 1 aromatic heterocycles. The minimum atomic E-state index is -0.0683. The molecule has 0 spiro atoms. The van der Waals surface area contributed by atoms with E-state index in [1.54, 1.807) is 0 Å². The van der Waals surface area contributed by atoms with E-state index < -0.39 is 0 Å². The van der Waals surface area contributed by atoms with Crippen LogP contribution in [0.3, 0.4) is 0 Å². The standard InChI is InChI=1S/C8H13N3OS/c1-4-9-8(12)7-6(5(2)3)10-11-13-7/h5H,4H2,1-3H3,(H,9,12). The highest BCUT2D eigenvalue weighted by molar-refractivity contribution is 7.08. The van der Waals surface area contributed by atoms with E-state index in [2.05, 4.69) is 14.9 Å². The molecule has 0 aromatic carbocycles. The molecule has 0 unspecified atom stereocenters. The van der Waals surface area contributed by atoms with Gasteiger partial charge in [-0.1, -0.05) is 18.3 Å². The first kappa shape index (κ1) is 10.1. The largest absolute Gasteiger partial charge is 0.352 e. The highest BCUT2D eigenvalue weighted by Gasteiger charge is 2.17. The molecule has 1 amide bonds. The Hall–Kier alpha value is -0.970. The van der Waals surface area contributed by atoms with E-state index in [0.29, 0.717) is 11.4 Å². The topological polar surface area (TPSA) is 54.9 Å². The number of hydrogen-bond acceptors (Lipinski definition) is 4. The van der Waals surface area contributed by atoms with Gasteiger partial charge in [-0.15, -0.1) is 5.10 Å². The van der Waals surface area contributed by atoms with Crippen LogP contribution in [0.5, 0.6) is 0 Å². The summed E-state index contributed by atoms with van der Waals surface area (Å²) >= 11 is 1.15. The zero-order chi connectivity index (χ0) is 9.84. The van der Waals surface area contributed by atoms with Crippen LogP contribution in [0.4, 0.5) is 0 Å². The van der Waals surface area contributed by atoms with Crippen molar-refractivity contribution in [3.05, 3.63) is 10.6 Å². The number of hydrogen-bond donors (Lipinski definition) is 1. The molecule has 72 valence electrons. The lowest BCUT2D eigenvalue weighted by Crippen LogP contribution is -2.23. The summed E-state index contributed by atoms with van der Waals surface area (Å²) in [5.41, 5.74) is 0.788. The summed E-state index contributed by atoms with van der Waals surface area (Å²) in [6, 6.07) is 0. The zero-order valence-electron chi connectivity index (χ0n) is 8.00. The summed E-state index contributed by atoms with van der Waals surface area (Å²) in [7, 11) is 0. The Balaban J connectivity index is 2.87. The van der Waals surface area contributed by atoms with Crippen molar-refractivity contribution < 1.29 is 4.79 Å². The van der Waals surface area contributed by atoms with Crippen molar-refractivity contribution in [2.24, 2.45) is 0 Å².